The topological polar surface area (TPSA) is 42.2 Å². The molecule has 0 saturated heterocycles. The van der Waals surface area contributed by atoms with E-state index in [0.717, 1.165) is 42.8 Å². The van der Waals surface area contributed by atoms with Gasteiger partial charge in [0, 0.05) is 24.0 Å². The van der Waals surface area contributed by atoms with Crippen LogP contribution in [0.15, 0.2) is 11.1 Å². The van der Waals surface area contributed by atoms with Crippen molar-refractivity contribution in [3.05, 3.63) is 17.5 Å². The highest BCUT2D eigenvalue weighted by molar-refractivity contribution is 8.14. The van der Waals surface area contributed by atoms with Gasteiger partial charge < -0.3 is 5.32 Å². The maximum Gasteiger partial charge on any atom is 0.156 e. The van der Waals surface area contributed by atoms with E-state index in [1.165, 1.54) is 18.5 Å². The summed E-state index contributed by atoms with van der Waals surface area (Å²) in [5.74, 6) is 0.799. The van der Waals surface area contributed by atoms with Gasteiger partial charge in [-0.1, -0.05) is 38.5 Å². The van der Waals surface area contributed by atoms with Gasteiger partial charge in [-0.05, 0) is 32.3 Å². The number of nitrogens with zero attached hydrogens (tertiary/aromatic N) is 3. The summed E-state index contributed by atoms with van der Waals surface area (Å²) in [6, 6.07) is 2.13. The van der Waals surface area contributed by atoms with Crippen LogP contribution in [0.1, 0.15) is 44.5 Å². The van der Waals surface area contributed by atoms with Crippen molar-refractivity contribution >= 4 is 16.9 Å². The average molecular weight is 308 g/mol. The molecule has 1 aliphatic heterocycles. The number of aromatic nitrogens is 2. The zero-order chi connectivity index (χ0) is 15.2. The minimum absolute atomic E-state index is 0.679. The van der Waals surface area contributed by atoms with Gasteiger partial charge in [-0.25, -0.2) is 0 Å². The minimum atomic E-state index is 0.679. The second-order valence-corrected chi connectivity index (χ2v) is 7.04. The van der Waals surface area contributed by atoms with Crippen LogP contribution in [0.2, 0.25) is 0 Å². The highest BCUT2D eigenvalue weighted by Gasteiger charge is 2.25. The van der Waals surface area contributed by atoms with Gasteiger partial charge in [-0.15, -0.1) is 0 Å². The maximum absolute atomic E-state index is 4.65. The van der Waals surface area contributed by atoms with Crippen molar-refractivity contribution in [2.24, 2.45) is 10.9 Å². The molecule has 1 aromatic rings. The van der Waals surface area contributed by atoms with Gasteiger partial charge >= 0.3 is 0 Å². The first-order chi connectivity index (χ1) is 10.1. The van der Waals surface area contributed by atoms with Crippen LogP contribution in [0, 0.1) is 19.8 Å². The van der Waals surface area contributed by atoms with Gasteiger partial charge in [0.1, 0.15) is 0 Å². The lowest BCUT2D eigenvalue weighted by Gasteiger charge is -2.18. The van der Waals surface area contributed by atoms with Crippen LogP contribution in [-0.4, -0.2) is 33.3 Å². The van der Waals surface area contributed by atoms with Crippen molar-refractivity contribution < 1.29 is 0 Å². The Morgan fingerprint density at radius 2 is 2.14 bits per heavy atom. The summed E-state index contributed by atoms with van der Waals surface area (Å²) < 4.78 is 2.09. The number of hydrogen-bond donors (Lipinski definition) is 1. The summed E-state index contributed by atoms with van der Waals surface area (Å²) in [6.07, 6.45) is 3.60. The molecule has 0 aliphatic carbocycles. The number of nitrogens with one attached hydrogen (secondary N) is 1. The first kappa shape index (κ1) is 16.4. The number of amidine groups is 1. The molecular formula is C16H28N4S. The Hall–Kier alpha value is -0.970. The Kier molecular flexibility index (Phi) is 6.15. The number of thioether (sulfide) groups is 1. The highest BCUT2D eigenvalue weighted by atomic mass is 32.2. The van der Waals surface area contributed by atoms with Crippen molar-refractivity contribution in [3.63, 3.8) is 0 Å². The molecule has 2 rings (SSSR count). The van der Waals surface area contributed by atoms with E-state index in [-0.39, 0.29) is 0 Å². The van der Waals surface area contributed by atoms with Gasteiger partial charge in [-0.2, -0.15) is 5.10 Å². The molecule has 0 radical (unpaired) electrons. The summed E-state index contributed by atoms with van der Waals surface area (Å²) in [6.45, 7) is 11.7. The molecule has 1 unspecified atom stereocenters. The first-order valence-corrected chi connectivity index (χ1v) is 8.98. The van der Waals surface area contributed by atoms with E-state index in [0.29, 0.717) is 5.25 Å². The van der Waals surface area contributed by atoms with Crippen molar-refractivity contribution in [3.8, 4) is 0 Å². The molecule has 0 aromatic carbocycles. The molecule has 2 heterocycles. The molecule has 1 N–H and O–H groups in total. The number of aliphatic imine (C=N–C) groups is 1. The van der Waals surface area contributed by atoms with E-state index in [4.69, 9.17) is 0 Å². The van der Waals surface area contributed by atoms with Gasteiger partial charge in [0.2, 0.25) is 0 Å². The fourth-order valence-electron chi connectivity index (χ4n) is 2.87. The molecule has 0 amide bonds. The maximum atomic E-state index is 4.65. The van der Waals surface area contributed by atoms with Crippen LogP contribution < -0.4 is 5.32 Å². The summed E-state index contributed by atoms with van der Waals surface area (Å²) in [5.41, 5.74) is 2.35. The van der Waals surface area contributed by atoms with Crippen molar-refractivity contribution in [2.75, 3.05) is 13.1 Å². The fraction of sp³-hybridized carbons (Fsp3) is 0.750. The molecule has 0 bridgehead atoms. The Morgan fingerprint density at radius 1 is 1.38 bits per heavy atom. The van der Waals surface area contributed by atoms with E-state index in [9.17, 15) is 0 Å². The lowest BCUT2D eigenvalue weighted by Crippen LogP contribution is -2.23. The molecule has 0 saturated carbocycles. The largest absolute Gasteiger partial charge is 0.365 e. The Morgan fingerprint density at radius 3 is 2.76 bits per heavy atom. The lowest BCUT2D eigenvalue weighted by molar-refractivity contribution is 0.479. The fourth-order valence-corrected chi connectivity index (χ4v) is 4.22. The molecule has 4 nitrogen and oxygen atoms in total. The van der Waals surface area contributed by atoms with E-state index in [2.05, 4.69) is 46.9 Å². The van der Waals surface area contributed by atoms with Gasteiger partial charge in [0.05, 0.1) is 12.2 Å². The highest BCUT2D eigenvalue weighted by Crippen LogP contribution is 2.30. The zero-order valence-electron chi connectivity index (χ0n) is 13.7. The van der Waals surface area contributed by atoms with Crippen molar-refractivity contribution in [1.29, 1.82) is 0 Å². The Bertz CT molecular complexity index is 477. The zero-order valence-corrected chi connectivity index (χ0v) is 14.5. The van der Waals surface area contributed by atoms with Crippen molar-refractivity contribution in [1.82, 2.24) is 15.1 Å². The quantitative estimate of drug-likeness (QED) is 0.785. The average Bonchev–Trinajstić information content (AvgIpc) is 3.04. The number of hydrogen-bond acceptors (Lipinski definition) is 4. The second kappa shape index (κ2) is 7.87. The molecule has 1 aromatic heterocycles. The summed E-state index contributed by atoms with van der Waals surface area (Å²) in [5, 5.41) is 9.79. The van der Waals surface area contributed by atoms with Crippen LogP contribution >= 0.6 is 11.8 Å². The standard InChI is InChI=1S/C16H28N4S/c1-5-14(6-2)15-11-18-16(21-15)17-8-7-9-20-13(4)10-12(3)19-20/h10,14-15H,5-9,11H2,1-4H3,(H,17,18). The Labute approximate surface area is 132 Å². The van der Waals surface area contributed by atoms with E-state index in [1.807, 2.05) is 18.7 Å². The third kappa shape index (κ3) is 4.50. The predicted molar refractivity (Wildman–Crippen MR) is 92.1 cm³/mol. The van der Waals surface area contributed by atoms with Crippen LogP contribution in [0.5, 0.6) is 0 Å². The summed E-state index contributed by atoms with van der Waals surface area (Å²) >= 11 is 1.94. The monoisotopic (exact) mass is 308 g/mol. The molecular weight excluding hydrogens is 280 g/mol. The summed E-state index contributed by atoms with van der Waals surface area (Å²) in [4.78, 5) is 4.65. The van der Waals surface area contributed by atoms with Gasteiger partial charge in [0.15, 0.2) is 5.17 Å². The lowest BCUT2D eigenvalue weighted by atomic mass is 9.99. The minimum Gasteiger partial charge on any atom is -0.365 e. The Balaban J connectivity index is 1.67. The first-order valence-electron chi connectivity index (χ1n) is 8.10. The van der Waals surface area contributed by atoms with Crippen LogP contribution in [0.4, 0.5) is 0 Å². The van der Waals surface area contributed by atoms with Gasteiger partial charge in [0.25, 0.3) is 0 Å². The van der Waals surface area contributed by atoms with Crippen LogP contribution in [0.25, 0.3) is 0 Å². The number of rotatable bonds is 7. The van der Waals surface area contributed by atoms with Crippen molar-refractivity contribution in [2.45, 2.75) is 58.8 Å². The van der Waals surface area contributed by atoms with Crippen LogP contribution in [-0.2, 0) is 6.54 Å². The van der Waals surface area contributed by atoms with E-state index in [1.54, 1.807) is 0 Å². The molecule has 118 valence electrons. The number of aryl methyl sites for hydroxylation is 3. The molecule has 0 fully saturated rings. The summed E-state index contributed by atoms with van der Waals surface area (Å²) in [7, 11) is 0. The molecule has 21 heavy (non-hydrogen) atoms. The third-order valence-electron chi connectivity index (χ3n) is 4.18. The molecule has 1 atom stereocenters. The smallest absolute Gasteiger partial charge is 0.156 e. The molecule has 0 spiro atoms. The van der Waals surface area contributed by atoms with Gasteiger partial charge in [-0.3, -0.25) is 9.67 Å². The SMILES string of the molecule is CCC(CC)C1CN=C(NCCCn2nc(C)cc2C)S1. The molecule has 1 aliphatic rings. The van der Waals surface area contributed by atoms with E-state index >= 15 is 0 Å². The van der Waals surface area contributed by atoms with E-state index < -0.39 is 0 Å². The molecule has 5 heteroatoms. The third-order valence-corrected chi connectivity index (χ3v) is 5.51. The van der Waals surface area contributed by atoms with Crippen LogP contribution in [0.3, 0.4) is 0 Å². The predicted octanol–water partition coefficient (Wildman–Crippen LogP) is 3.39. The normalized spacial score (nSPS) is 18.3. The second-order valence-electron chi connectivity index (χ2n) is 5.81.